The summed E-state index contributed by atoms with van der Waals surface area (Å²) < 4.78 is 37.6. The highest BCUT2D eigenvalue weighted by Crippen LogP contribution is 2.32. The van der Waals surface area contributed by atoms with E-state index in [0.717, 1.165) is 6.07 Å². The number of para-hydroxylation sites is 1. The summed E-state index contributed by atoms with van der Waals surface area (Å²) in [7, 11) is 0. The molecule has 18 heavy (non-hydrogen) atoms. The van der Waals surface area contributed by atoms with Crippen LogP contribution in [0.25, 0.3) is 0 Å². The molecule has 0 aliphatic carbocycles. The van der Waals surface area contributed by atoms with Gasteiger partial charge >= 0.3 is 6.18 Å². The largest absolute Gasteiger partial charge is 0.417 e. The standard InChI is InChI=1S/C12H10F3N3/c13-12(14,15)8-6-10(11(16)17-7-8)18-9-4-2-1-3-5-9/h1-7,18H,(H2,16,17). The third-order valence-corrected chi connectivity index (χ3v) is 2.30. The number of nitrogens with one attached hydrogen (secondary N) is 1. The highest BCUT2D eigenvalue weighted by molar-refractivity contribution is 5.70. The van der Waals surface area contributed by atoms with Crippen LogP contribution in [0.4, 0.5) is 30.4 Å². The number of alkyl halides is 3. The lowest BCUT2D eigenvalue weighted by atomic mass is 10.2. The van der Waals surface area contributed by atoms with Crippen LogP contribution in [0.15, 0.2) is 42.6 Å². The molecule has 0 unspecified atom stereocenters. The average Bonchev–Trinajstić information content (AvgIpc) is 2.32. The van der Waals surface area contributed by atoms with Crippen molar-refractivity contribution in [2.45, 2.75) is 6.18 Å². The van der Waals surface area contributed by atoms with Crippen LogP contribution in [0, 0.1) is 0 Å². The number of nitrogens with two attached hydrogens (primary N) is 1. The Morgan fingerprint density at radius 1 is 1.11 bits per heavy atom. The Balaban J connectivity index is 2.33. The molecule has 3 N–H and O–H groups in total. The number of rotatable bonds is 2. The molecule has 0 radical (unpaired) electrons. The van der Waals surface area contributed by atoms with E-state index in [4.69, 9.17) is 5.73 Å². The predicted molar refractivity (Wildman–Crippen MR) is 63.4 cm³/mol. The quantitative estimate of drug-likeness (QED) is 0.862. The maximum atomic E-state index is 12.5. The fraction of sp³-hybridized carbons (Fsp3) is 0.0833. The van der Waals surface area contributed by atoms with Gasteiger partial charge in [-0.3, -0.25) is 0 Å². The number of aromatic nitrogens is 1. The second-order valence-corrected chi connectivity index (χ2v) is 3.65. The van der Waals surface area contributed by atoms with Crippen LogP contribution in [0.2, 0.25) is 0 Å². The summed E-state index contributed by atoms with van der Waals surface area (Å²) in [6.07, 6.45) is -3.72. The van der Waals surface area contributed by atoms with E-state index in [1.165, 1.54) is 0 Å². The van der Waals surface area contributed by atoms with Crippen LogP contribution in [-0.4, -0.2) is 4.98 Å². The number of hydrogen-bond donors (Lipinski definition) is 2. The first kappa shape index (κ1) is 12.2. The zero-order valence-electron chi connectivity index (χ0n) is 9.20. The molecule has 0 fully saturated rings. The average molecular weight is 253 g/mol. The van der Waals surface area contributed by atoms with E-state index < -0.39 is 11.7 Å². The zero-order valence-corrected chi connectivity index (χ0v) is 9.20. The normalized spacial score (nSPS) is 11.3. The molecular weight excluding hydrogens is 243 g/mol. The van der Waals surface area contributed by atoms with Gasteiger partial charge in [0.05, 0.1) is 11.3 Å². The van der Waals surface area contributed by atoms with E-state index in [1.54, 1.807) is 30.3 Å². The van der Waals surface area contributed by atoms with Crippen LogP contribution in [-0.2, 0) is 6.18 Å². The van der Waals surface area contributed by atoms with Crippen molar-refractivity contribution in [3.8, 4) is 0 Å². The van der Waals surface area contributed by atoms with Crippen LogP contribution >= 0.6 is 0 Å². The second kappa shape index (κ2) is 4.56. The molecule has 0 aliphatic rings. The first-order valence-electron chi connectivity index (χ1n) is 5.11. The Morgan fingerprint density at radius 3 is 2.39 bits per heavy atom. The minimum atomic E-state index is -4.44. The summed E-state index contributed by atoms with van der Waals surface area (Å²) in [6.45, 7) is 0. The van der Waals surface area contributed by atoms with E-state index in [1.807, 2.05) is 0 Å². The maximum absolute atomic E-state index is 12.5. The zero-order chi connectivity index (χ0) is 13.2. The molecule has 0 spiro atoms. The molecule has 94 valence electrons. The molecule has 1 aromatic carbocycles. The molecule has 0 aliphatic heterocycles. The number of pyridine rings is 1. The van der Waals surface area contributed by atoms with Gasteiger partial charge in [-0.05, 0) is 18.2 Å². The smallest absolute Gasteiger partial charge is 0.382 e. The SMILES string of the molecule is Nc1ncc(C(F)(F)F)cc1Nc1ccccc1. The lowest BCUT2D eigenvalue weighted by Gasteiger charge is -2.12. The van der Waals surface area contributed by atoms with Crippen molar-refractivity contribution in [1.82, 2.24) is 4.98 Å². The fourth-order valence-corrected chi connectivity index (χ4v) is 1.41. The van der Waals surface area contributed by atoms with Crippen molar-refractivity contribution in [3.63, 3.8) is 0 Å². The summed E-state index contributed by atoms with van der Waals surface area (Å²) in [6, 6.07) is 9.72. The number of halogens is 3. The van der Waals surface area contributed by atoms with Gasteiger partial charge in [0.2, 0.25) is 0 Å². The van der Waals surface area contributed by atoms with E-state index in [-0.39, 0.29) is 11.5 Å². The van der Waals surface area contributed by atoms with Crippen molar-refractivity contribution < 1.29 is 13.2 Å². The first-order chi connectivity index (χ1) is 8.47. The van der Waals surface area contributed by atoms with Crippen molar-refractivity contribution in [3.05, 3.63) is 48.2 Å². The molecule has 6 heteroatoms. The topological polar surface area (TPSA) is 50.9 Å². The summed E-state index contributed by atoms with van der Waals surface area (Å²) in [5.41, 5.74) is 5.48. The van der Waals surface area contributed by atoms with Crippen molar-refractivity contribution in [2.24, 2.45) is 0 Å². The molecule has 0 saturated heterocycles. The second-order valence-electron chi connectivity index (χ2n) is 3.65. The lowest BCUT2D eigenvalue weighted by Crippen LogP contribution is -2.08. The highest BCUT2D eigenvalue weighted by Gasteiger charge is 2.31. The fourth-order valence-electron chi connectivity index (χ4n) is 1.41. The molecule has 0 bridgehead atoms. The van der Waals surface area contributed by atoms with Crippen LogP contribution in [0.5, 0.6) is 0 Å². The van der Waals surface area contributed by atoms with Crippen LogP contribution < -0.4 is 11.1 Å². The van der Waals surface area contributed by atoms with Gasteiger partial charge in [-0.2, -0.15) is 13.2 Å². The summed E-state index contributed by atoms with van der Waals surface area (Å²) in [5, 5.41) is 2.80. The van der Waals surface area contributed by atoms with Crippen molar-refractivity contribution >= 4 is 17.2 Å². The van der Waals surface area contributed by atoms with E-state index in [2.05, 4.69) is 10.3 Å². The number of benzene rings is 1. The number of nitrogen functional groups attached to an aromatic ring is 1. The van der Waals surface area contributed by atoms with Gasteiger partial charge in [-0.1, -0.05) is 18.2 Å². The molecule has 0 saturated carbocycles. The highest BCUT2D eigenvalue weighted by atomic mass is 19.4. The minimum Gasteiger partial charge on any atom is -0.382 e. The molecule has 1 aromatic heterocycles. The Hall–Kier alpha value is -2.24. The molecule has 3 nitrogen and oxygen atoms in total. The molecule has 0 atom stereocenters. The van der Waals surface area contributed by atoms with E-state index in [9.17, 15) is 13.2 Å². The number of hydrogen-bond acceptors (Lipinski definition) is 3. The third-order valence-electron chi connectivity index (χ3n) is 2.30. The van der Waals surface area contributed by atoms with Gasteiger partial charge in [0, 0.05) is 11.9 Å². The van der Waals surface area contributed by atoms with Gasteiger partial charge in [-0.15, -0.1) is 0 Å². The lowest BCUT2D eigenvalue weighted by molar-refractivity contribution is -0.137. The van der Waals surface area contributed by atoms with Gasteiger partial charge in [0.15, 0.2) is 0 Å². The van der Waals surface area contributed by atoms with Crippen LogP contribution in [0.1, 0.15) is 5.56 Å². The Kier molecular flexibility index (Phi) is 3.10. The van der Waals surface area contributed by atoms with Gasteiger partial charge in [0.25, 0.3) is 0 Å². The number of anilines is 3. The van der Waals surface area contributed by atoms with E-state index >= 15 is 0 Å². The minimum absolute atomic E-state index is 0.0202. The third kappa shape index (κ3) is 2.71. The van der Waals surface area contributed by atoms with Gasteiger partial charge in [0.1, 0.15) is 5.82 Å². The van der Waals surface area contributed by atoms with Gasteiger partial charge < -0.3 is 11.1 Å². The summed E-state index contributed by atoms with van der Waals surface area (Å²) >= 11 is 0. The van der Waals surface area contributed by atoms with Crippen LogP contribution in [0.3, 0.4) is 0 Å². The molecule has 0 amide bonds. The number of nitrogens with zero attached hydrogens (tertiary/aromatic N) is 1. The van der Waals surface area contributed by atoms with Crippen molar-refractivity contribution in [1.29, 1.82) is 0 Å². The molecule has 2 aromatic rings. The monoisotopic (exact) mass is 253 g/mol. The summed E-state index contributed by atoms with van der Waals surface area (Å²) in [5.74, 6) is 0.0202. The van der Waals surface area contributed by atoms with Crippen molar-refractivity contribution in [2.75, 3.05) is 11.1 Å². The summed E-state index contributed by atoms with van der Waals surface area (Å²) in [4.78, 5) is 3.54. The Labute approximate surface area is 101 Å². The maximum Gasteiger partial charge on any atom is 0.417 e. The van der Waals surface area contributed by atoms with Gasteiger partial charge in [-0.25, -0.2) is 4.98 Å². The molecule has 2 rings (SSSR count). The molecular formula is C12H10F3N3. The predicted octanol–water partition coefficient (Wildman–Crippen LogP) is 3.43. The Bertz CT molecular complexity index is 538. The van der Waals surface area contributed by atoms with E-state index in [0.29, 0.717) is 11.9 Å². The Morgan fingerprint density at radius 2 is 1.78 bits per heavy atom. The molecule has 1 heterocycles. The first-order valence-corrected chi connectivity index (χ1v) is 5.11.